The number of nitrogens with zero attached hydrogens (tertiary/aromatic N) is 2. The van der Waals surface area contributed by atoms with E-state index < -0.39 is 6.04 Å². The Balaban J connectivity index is 0.000000207. The lowest BCUT2D eigenvalue weighted by Gasteiger charge is -2.27. The molecule has 2 unspecified atom stereocenters. The Labute approximate surface area is 209 Å². The third-order valence-electron chi connectivity index (χ3n) is 6.12. The van der Waals surface area contributed by atoms with Crippen molar-refractivity contribution >= 4 is 11.9 Å². The molecule has 1 N–H and O–H groups in total. The highest BCUT2D eigenvalue weighted by molar-refractivity contribution is 6.04. The fraction of sp³-hybridized carbons (Fsp3) is 0.379. The van der Waals surface area contributed by atoms with Crippen LogP contribution in [0.2, 0.25) is 0 Å². The minimum Gasteiger partial charge on any atom is -0.379 e. The van der Waals surface area contributed by atoms with Crippen molar-refractivity contribution in [2.24, 2.45) is 5.92 Å². The molecule has 2 fully saturated rings. The van der Waals surface area contributed by atoms with Crippen LogP contribution in [0.3, 0.4) is 0 Å². The Kier molecular flexibility index (Phi) is 10.7. The Morgan fingerprint density at radius 1 is 0.857 bits per heavy atom. The number of hydrogen-bond acceptors (Lipinski definition) is 4. The molecule has 35 heavy (non-hydrogen) atoms. The van der Waals surface area contributed by atoms with Gasteiger partial charge in [-0.1, -0.05) is 98.8 Å². The minimum atomic E-state index is -0.414. The van der Waals surface area contributed by atoms with E-state index in [4.69, 9.17) is 4.74 Å². The number of morpholine rings is 1. The molecule has 2 aromatic carbocycles. The summed E-state index contributed by atoms with van der Waals surface area (Å²) in [5.41, 5.74) is 2.55. The zero-order valence-corrected chi connectivity index (χ0v) is 20.8. The molecule has 2 saturated heterocycles. The number of amides is 3. The van der Waals surface area contributed by atoms with E-state index in [9.17, 15) is 9.59 Å². The van der Waals surface area contributed by atoms with Gasteiger partial charge < -0.3 is 10.1 Å². The van der Waals surface area contributed by atoms with Crippen molar-refractivity contribution < 1.29 is 14.3 Å². The summed E-state index contributed by atoms with van der Waals surface area (Å²) in [6, 6.07) is 20.1. The zero-order valence-electron chi connectivity index (χ0n) is 20.8. The highest BCUT2D eigenvalue weighted by Gasteiger charge is 2.41. The molecule has 3 amide bonds. The Morgan fingerprint density at radius 2 is 1.46 bits per heavy atom. The van der Waals surface area contributed by atoms with E-state index in [0.717, 1.165) is 39.3 Å². The predicted octanol–water partition coefficient (Wildman–Crippen LogP) is 4.75. The van der Waals surface area contributed by atoms with Gasteiger partial charge in [0.2, 0.25) is 0 Å². The molecule has 0 radical (unpaired) electrons. The first kappa shape index (κ1) is 26.4. The fourth-order valence-corrected chi connectivity index (χ4v) is 4.22. The van der Waals surface area contributed by atoms with Crippen LogP contribution in [0.25, 0.3) is 11.1 Å². The number of nitrogens with one attached hydrogen (secondary N) is 1. The molecule has 6 nitrogen and oxygen atoms in total. The number of urea groups is 1. The van der Waals surface area contributed by atoms with E-state index in [1.54, 1.807) is 0 Å². The Hall–Kier alpha value is -3.22. The fourth-order valence-electron chi connectivity index (χ4n) is 4.22. The van der Waals surface area contributed by atoms with Gasteiger partial charge in [0, 0.05) is 32.1 Å². The second-order valence-electron chi connectivity index (χ2n) is 8.32. The van der Waals surface area contributed by atoms with Crippen LogP contribution in [0.4, 0.5) is 4.79 Å². The number of allylic oxidation sites excluding steroid dienone is 3. The van der Waals surface area contributed by atoms with Gasteiger partial charge in [-0.2, -0.15) is 0 Å². The molecule has 0 bridgehead atoms. The van der Waals surface area contributed by atoms with E-state index in [1.807, 2.05) is 50.3 Å². The first-order valence-electron chi connectivity index (χ1n) is 12.6. The maximum Gasteiger partial charge on any atom is 0.324 e. The third-order valence-corrected chi connectivity index (χ3v) is 6.12. The van der Waals surface area contributed by atoms with Crippen LogP contribution in [0.5, 0.6) is 0 Å². The lowest BCUT2D eigenvalue weighted by atomic mass is 9.93. The van der Waals surface area contributed by atoms with Gasteiger partial charge >= 0.3 is 6.03 Å². The van der Waals surface area contributed by atoms with E-state index in [2.05, 4.69) is 58.7 Å². The molecule has 2 aromatic rings. The van der Waals surface area contributed by atoms with Gasteiger partial charge in [0.25, 0.3) is 5.91 Å². The van der Waals surface area contributed by atoms with Crippen molar-refractivity contribution in [1.29, 1.82) is 0 Å². The van der Waals surface area contributed by atoms with Gasteiger partial charge in [-0.25, -0.2) is 4.79 Å². The minimum absolute atomic E-state index is 0.0693. The molecule has 1 aliphatic carbocycles. The molecule has 3 aliphatic rings. The predicted molar refractivity (Wildman–Crippen MR) is 141 cm³/mol. The van der Waals surface area contributed by atoms with E-state index in [1.165, 1.54) is 16.0 Å². The molecule has 0 saturated carbocycles. The number of rotatable bonds is 5. The summed E-state index contributed by atoms with van der Waals surface area (Å²) in [4.78, 5) is 28.0. The second-order valence-corrected chi connectivity index (χ2v) is 8.32. The topological polar surface area (TPSA) is 61.9 Å². The third kappa shape index (κ3) is 7.64. The first-order valence-corrected chi connectivity index (χ1v) is 12.6. The number of ether oxygens (including phenoxy) is 1. The van der Waals surface area contributed by atoms with Gasteiger partial charge in [-0.05, 0) is 17.5 Å². The molecular formula is C29H37N3O3. The van der Waals surface area contributed by atoms with Gasteiger partial charge in [0.05, 0.1) is 13.2 Å². The molecule has 0 aromatic heterocycles. The molecule has 2 atom stereocenters. The number of carbonyl (C=O) groups excluding carboxylic acids is 2. The Morgan fingerprint density at radius 3 is 2.00 bits per heavy atom. The van der Waals surface area contributed by atoms with Crippen LogP contribution < -0.4 is 5.32 Å². The summed E-state index contributed by atoms with van der Waals surface area (Å²) >= 11 is 0. The summed E-state index contributed by atoms with van der Waals surface area (Å²) < 4.78 is 5.29. The van der Waals surface area contributed by atoms with Gasteiger partial charge in [-0.3, -0.25) is 14.6 Å². The van der Waals surface area contributed by atoms with Crippen LogP contribution in [0.15, 0.2) is 85.0 Å². The van der Waals surface area contributed by atoms with Gasteiger partial charge in [0.15, 0.2) is 0 Å². The molecular weight excluding hydrogens is 438 g/mol. The maximum absolute atomic E-state index is 12.4. The first-order chi connectivity index (χ1) is 17.2. The standard InChI is InChI=1S/C15H21N3O3.C12H10.C2H6/c19-14-13(12-4-2-1-3-5-12)16-15(20)18(14)7-6-17-8-10-21-11-9-17;1-3-7-11(8-4-1)12-9-5-2-6-10-12;1-2/h1-4,12-13H,5-11H2,(H,16,20);1-10H;1-2H3. The lowest BCUT2D eigenvalue weighted by Crippen LogP contribution is -2.43. The van der Waals surface area contributed by atoms with Crippen molar-refractivity contribution in [1.82, 2.24) is 15.1 Å². The molecule has 2 aliphatic heterocycles. The largest absolute Gasteiger partial charge is 0.379 e. The van der Waals surface area contributed by atoms with E-state index in [-0.39, 0.29) is 17.9 Å². The normalized spacial score (nSPS) is 21.5. The van der Waals surface area contributed by atoms with Gasteiger partial charge in [-0.15, -0.1) is 0 Å². The lowest BCUT2D eigenvalue weighted by molar-refractivity contribution is -0.128. The molecule has 5 rings (SSSR count). The average Bonchev–Trinajstić information content (AvgIpc) is 3.24. The summed E-state index contributed by atoms with van der Waals surface area (Å²) in [5, 5.41) is 2.82. The van der Waals surface area contributed by atoms with Crippen LogP contribution in [0.1, 0.15) is 20.3 Å². The molecule has 2 heterocycles. The van der Waals surface area contributed by atoms with E-state index in [0.29, 0.717) is 6.54 Å². The number of carbonyl (C=O) groups is 2. The quantitative estimate of drug-likeness (QED) is 0.634. The summed E-state index contributed by atoms with van der Waals surface area (Å²) in [5.74, 6) is -0.0296. The van der Waals surface area contributed by atoms with Crippen LogP contribution in [-0.2, 0) is 9.53 Å². The molecule has 6 heteroatoms. The number of hydrogen-bond donors (Lipinski definition) is 1. The van der Waals surface area contributed by atoms with Crippen LogP contribution in [0, 0.1) is 5.92 Å². The Bertz CT molecular complexity index is 932. The van der Waals surface area contributed by atoms with Crippen molar-refractivity contribution in [3.05, 3.63) is 85.0 Å². The van der Waals surface area contributed by atoms with Crippen LogP contribution in [-0.4, -0.2) is 67.2 Å². The highest BCUT2D eigenvalue weighted by Crippen LogP contribution is 2.21. The summed E-state index contributed by atoms with van der Waals surface area (Å²) in [6.45, 7) is 8.35. The molecule has 0 spiro atoms. The van der Waals surface area contributed by atoms with Crippen molar-refractivity contribution in [3.63, 3.8) is 0 Å². The van der Waals surface area contributed by atoms with Crippen molar-refractivity contribution in [2.75, 3.05) is 39.4 Å². The monoisotopic (exact) mass is 475 g/mol. The molecule has 186 valence electrons. The summed E-state index contributed by atoms with van der Waals surface area (Å²) in [7, 11) is 0. The summed E-state index contributed by atoms with van der Waals surface area (Å²) in [6.07, 6.45) is 8.72. The number of benzene rings is 2. The smallest absolute Gasteiger partial charge is 0.324 e. The highest BCUT2D eigenvalue weighted by atomic mass is 16.5. The maximum atomic E-state index is 12.4. The zero-order chi connectivity index (χ0) is 24.9. The number of imide groups is 1. The van der Waals surface area contributed by atoms with Gasteiger partial charge in [0.1, 0.15) is 6.04 Å². The van der Waals surface area contributed by atoms with Crippen molar-refractivity contribution in [2.45, 2.75) is 26.3 Å². The second kappa shape index (κ2) is 14.2. The van der Waals surface area contributed by atoms with Crippen LogP contribution >= 0.6 is 0 Å². The van der Waals surface area contributed by atoms with E-state index >= 15 is 0 Å². The van der Waals surface area contributed by atoms with Crippen molar-refractivity contribution in [3.8, 4) is 11.1 Å². The average molecular weight is 476 g/mol. The SMILES string of the molecule is CC.O=C1NC(C2C=CC=CC2)C(=O)N1CCN1CCOCC1.c1ccc(-c2ccccc2)cc1.